The minimum absolute atomic E-state index is 0.0289. The Balaban J connectivity index is 1.56. The van der Waals surface area contributed by atoms with Gasteiger partial charge >= 0.3 is 0 Å². The molecular weight excluding hydrogens is 352 g/mol. The molecule has 2 aliphatic heterocycles. The Morgan fingerprint density at radius 1 is 1.38 bits per heavy atom. The lowest BCUT2D eigenvalue weighted by atomic mass is 9.99. The van der Waals surface area contributed by atoms with Crippen molar-refractivity contribution in [3.8, 4) is 5.88 Å². The molecule has 26 heavy (non-hydrogen) atoms. The van der Waals surface area contributed by atoms with Crippen molar-refractivity contribution < 1.29 is 14.3 Å². The molecule has 2 aliphatic rings. The lowest BCUT2D eigenvalue weighted by Gasteiger charge is -2.30. The molecule has 5 nitrogen and oxygen atoms in total. The van der Waals surface area contributed by atoms with Crippen LogP contribution in [-0.4, -0.2) is 36.8 Å². The molecule has 1 aromatic heterocycles. The van der Waals surface area contributed by atoms with Crippen LogP contribution >= 0.6 is 11.6 Å². The van der Waals surface area contributed by atoms with Crippen molar-refractivity contribution in [2.45, 2.75) is 32.3 Å². The van der Waals surface area contributed by atoms with Gasteiger partial charge in [-0.2, -0.15) is 0 Å². The van der Waals surface area contributed by atoms with Crippen molar-refractivity contribution in [3.05, 3.63) is 52.2 Å². The lowest BCUT2D eigenvalue weighted by molar-refractivity contribution is 0.0984. The van der Waals surface area contributed by atoms with E-state index < -0.39 is 0 Å². The van der Waals surface area contributed by atoms with Gasteiger partial charge in [-0.3, -0.25) is 4.79 Å². The molecule has 2 aromatic rings. The van der Waals surface area contributed by atoms with Crippen LogP contribution in [0.1, 0.15) is 34.3 Å². The second kappa shape index (κ2) is 7.25. The lowest BCUT2D eigenvalue weighted by Crippen LogP contribution is -2.35. The average molecular weight is 373 g/mol. The van der Waals surface area contributed by atoms with E-state index in [9.17, 15) is 4.79 Å². The topological polar surface area (TPSA) is 51.7 Å². The average Bonchev–Trinajstić information content (AvgIpc) is 3.15. The van der Waals surface area contributed by atoms with Gasteiger partial charge < -0.3 is 14.4 Å². The fourth-order valence-electron chi connectivity index (χ4n) is 3.49. The highest BCUT2D eigenvalue weighted by atomic mass is 35.5. The van der Waals surface area contributed by atoms with E-state index in [1.54, 1.807) is 12.3 Å². The molecule has 0 radical (unpaired) electrons. The number of rotatable bonds is 3. The van der Waals surface area contributed by atoms with Crippen molar-refractivity contribution in [1.82, 2.24) is 4.98 Å². The summed E-state index contributed by atoms with van der Waals surface area (Å²) in [5, 5.41) is 0.351. The van der Waals surface area contributed by atoms with Gasteiger partial charge in [0.25, 0.3) is 5.91 Å². The summed E-state index contributed by atoms with van der Waals surface area (Å²) in [5.74, 6) is 0.272. The number of nitrogens with zero attached hydrogens (tertiary/aromatic N) is 2. The highest BCUT2D eigenvalue weighted by molar-refractivity contribution is 6.32. The maximum absolute atomic E-state index is 13.0. The van der Waals surface area contributed by atoms with Crippen LogP contribution in [0.25, 0.3) is 0 Å². The predicted octanol–water partition coefficient (Wildman–Crippen LogP) is 3.80. The number of ether oxygens (including phenoxy) is 2. The van der Waals surface area contributed by atoms with Gasteiger partial charge in [0.2, 0.25) is 5.88 Å². The van der Waals surface area contributed by atoms with Gasteiger partial charge in [0.05, 0.1) is 18.8 Å². The molecule has 1 aromatic carbocycles. The number of aromatic nitrogens is 1. The summed E-state index contributed by atoms with van der Waals surface area (Å²) >= 11 is 6.31. The van der Waals surface area contributed by atoms with Gasteiger partial charge in [-0.05, 0) is 37.5 Å². The largest absolute Gasteiger partial charge is 0.471 e. The minimum atomic E-state index is -0.0834. The second-order valence-corrected chi connectivity index (χ2v) is 7.21. The third-order valence-electron chi connectivity index (χ3n) is 4.82. The number of aryl methyl sites for hydroxylation is 2. The van der Waals surface area contributed by atoms with Crippen LogP contribution < -0.4 is 9.64 Å². The van der Waals surface area contributed by atoms with E-state index in [1.807, 2.05) is 17.0 Å². The van der Waals surface area contributed by atoms with Crippen LogP contribution in [0.4, 0.5) is 5.69 Å². The van der Waals surface area contributed by atoms with Crippen LogP contribution in [0.15, 0.2) is 30.5 Å². The van der Waals surface area contributed by atoms with Crippen molar-refractivity contribution >= 4 is 23.2 Å². The zero-order valence-electron chi connectivity index (χ0n) is 14.7. The highest BCUT2D eigenvalue weighted by Gasteiger charge is 2.25. The van der Waals surface area contributed by atoms with Crippen LogP contribution in [0.3, 0.4) is 0 Å². The van der Waals surface area contributed by atoms with E-state index in [0.717, 1.165) is 24.9 Å². The van der Waals surface area contributed by atoms with E-state index in [4.69, 9.17) is 21.1 Å². The first-order chi connectivity index (χ1) is 12.6. The fourth-order valence-corrected chi connectivity index (χ4v) is 3.70. The number of pyridine rings is 1. The minimum Gasteiger partial charge on any atom is -0.471 e. The Bertz CT molecular complexity index is 834. The van der Waals surface area contributed by atoms with Gasteiger partial charge in [0.1, 0.15) is 11.1 Å². The number of benzene rings is 1. The number of halogens is 1. The Morgan fingerprint density at radius 2 is 2.27 bits per heavy atom. The van der Waals surface area contributed by atoms with Gasteiger partial charge in [0, 0.05) is 24.8 Å². The smallest absolute Gasteiger partial charge is 0.259 e. The van der Waals surface area contributed by atoms with Crippen LogP contribution in [-0.2, 0) is 11.2 Å². The van der Waals surface area contributed by atoms with E-state index >= 15 is 0 Å². The van der Waals surface area contributed by atoms with E-state index in [1.165, 1.54) is 11.1 Å². The number of hydrogen-bond donors (Lipinski definition) is 0. The maximum atomic E-state index is 13.0. The number of fused-ring (bicyclic) bond motifs is 1. The van der Waals surface area contributed by atoms with Gasteiger partial charge in [-0.25, -0.2) is 4.98 Å². The van der Waals surface area contributed by atoms with Gasteiger partial charge in [-0.15, -0.1) is 0 Å². The molecule has 0 saturated carbocycles. The molecule has 0 aliphatic carbocycles. The molecule has 136 valence electrons. The second-order valence-electron chi connectivity index (χ2n) is 6.81. The molecule has 4 rings (SSSR count). The number of carbonyl (C=O) groups is 1. The Morgan fingerprint density at radius 3 is 3.04 bits per heavy atom. The summed E-state index contributed by atoms with van der Waals surface area (Å²) in [5.41, 5.74) is 3.87. The third kappa shape index (κ3) is 3.41. The van der Waals surface area contributed by atoms with E-state index in [2.05, 4.69) is 18.0 Å². The van der Waals surface area contributed by atoms with Gasteiger partial charge in [-0.1, -0.05) is 29.3 Å². The van der Waals surface area contributed by atoms with E-state index in [-0.39, 0.29) is 12.0 Å². The van der Waals surface area contributed by atoms with E-state index in [0.29, 0.717) is 36.2 Å². The first-order valence-corrected chi connectivity index (χ1v) is 9.31. The molecule has 1 amide bonds. The first kappa shape index (κ1) is 17.3. The zero-order valence-corrected chi connectivity index (χ0v) is 15.5. The molecule has 1 saturated heterocycles. The first-order valence-electron chi connectivity index (χ1n) is 8.93. The Kier molecular flexibility index (Phi) is 4.83. The summed E-state index contributed by atoms with van der Waals surface area (Å²) in [6.45, 7) is 4.00. The highest BCUT2D eigenvalue weighted by Crippen LogP contribution is 2.31. The molecule has 1 unspecified atom stereocenters. The standard InChI is InChI=1S/C20H21ClN2O3/c1-13-4-5-18-14(9-13)3-2-7-23(18)20(24)15-10-17(21)19(22-11-15)26-16-6-8-25-12-16/h4-5,9-11,16H,2-3,6-8,12H2,1H3. The predicted molar refractivity (Wildman–Crippen MR) is 100 cm³/mol. The molecule has 1 atom stereocenters. The zero-order chi connectivity index (χ0) is 18.1. The Labute approximate surface area is 157 Å². The molecule has 0 N–H and O–H groups in total. The van der Waals surface area contributed by atoms with Crippen molar-refractivity contribution in [3.63, 3.8) is 0 Å². The third-order valence-corrected chi connectivity index (χ3v) is 5.09. The summed E-state index contributed by atoms with van der Waals surface area (Å²) in [4.78, 5) is 19.1. The summed E-state index contributed by atoms with van der Waals surface area (Å²) in [6.07, 6.45) is 4.28. The monoisotopic (exact) mass is 372 g/mol. The normalized spacial score (nSPS) is 19.3. The molecule has 6 heteroatoms. The maximum Gasteiger partial charge on any atom is 0.259 e. The molecular formula is C20H21ClN2O3. The molecule has 1 fully saturated rings. The summed E-state index contributed by atoms with van der Waals surface area (Å²) in [7, 11) is 0. The van der Waals surface area contributed by atoms with Crippen LogP contribution in [0, 0.1) is 6.92 Å². The number of carbonyl (C=O) groups excluding carboxylic acids is 1. The quantitative estimate of drug-likeness (QED) is 0.822. The molecule has 0 bridgehead atoms. The summed E-state index contributed by atoms with van der Waals surface area (Å²) in [6, 6.07) is 7.86. The van der Waals surface area contributed by atoms with Gasteiger partial charge in [0.15, 0.2) is 0 Å². The summed E-state index contributed by atoms with van der Waals surface area (Å²) < 4.78 is 11.1. The number of anilines is 1. The van der Waals surface area contributed by atoms with Crippen molar-refractivity contribution in [2.75, 3.05) is 24.7 Å². The molecule has 3 heterocycles. The van der Waals surface area contributed by atoms with Crippen LogP contribution in [0.5, 0.6) is 5.88 Å². The van der Waals surface area contributed by atoms with Crippen molar-refractivity contribution in [1.29, 1.82) is 0 Å². The van der Waals surface area contributed by atoms with Crippen molar-refractivity contribution in [2.24, 2.45) is 0 Å². The SMILES string of the molecule is Cc1ccc2c(c1)CCCN2C(=O)c1cnc(OC2CCOC2)c(Cl)c1. The molecule has 0 spiro atoms. The Hall–Kier alpha value is -2.11. The fraction of sp³-hybridized carbons (Fsp3) is 0.400. The van der Waals surface area contributed by atoms with Crippen LogP contribution in [0.2, 0.25) is 5.02 Å². The number of hydrogen-bond acceptors (Lipinski definition) is 4. The number of amides is 1.